The smallest absolute Gasteiger partial charge is 0.150 e. The van der Waals surface area contributed by atoms with E-state index in [1.165, 1.54) is 12.8 Å². The van der Waals surface area contributed by atoms with Crippen LogP contribution in [0.2, 0.25) is 0 Å². The molecule has 0 heterocycles. The Morgan fingerprint density at radius 3 is 2.38 bits per heavy atom. The van der Waals surface area contributed by atoms with Gasteiger partial charge in [0.1, 0.15) is 0 Å². The van der Waals surface area contributed by atoms with Gasteiger partial charge in [0.15, 0.2) is 9.84 Å². The highest BCUT2D eigenvalue weighted by Gasteiger charge is 2.23. The number of aryl methyl sites for hydroxylation is 1. The fraction of sp³-hybridized carbons (Fsp3) is 0.538. The molecule has 0 saturated heterocycles. The molecule has 0 spiro atoms. The molecule has 0 aromatic heterocycles. The molecule has 1 aromatic carbocycles. The van der Waals surface area contributed by atoms with Crippen molar-refractivity contribution < 1.29 is 8.42 Å². The molecule has 0 radical (unpaired) electrons. The molecule has 0 atom stereocenters. The lowest BCUT2D eigenvalue weighted by atomic mass is 10.2. The molecule has 1 saturated carbocycles. The summed E-state index contributed by atoms with van der Waals surface area (Å²) in [5.74, 6) is 1.38. The van der Waals surface area contributed by atoms with Crippen LogP contribution in [0.3, 0.4) is 0 Å². The average Bonchev–Trinajstić information content (AvgIpc) is 3.09. The van der Waals surface area contributed by atoms with Crippen molar-refractivity contribution in [1.29, 1.82) is 0 Å². The van der Waals surface area contributed by atoms with Gasteiger partial charge in [-0.25, -0.2) is 8.42 Å². The minimum absolute atomic E-state index is 0.295. The Hall–Kier alpha value is -0.830. The van der Waals surface area contributed by atoms with E-state index in [1.807, 2.05) is 30.3 Å². The first kappa shape index (κ1) is 11.6. The first-order valence-electron chi connectivity index (χ1n) is 5.90. The molecule has 0 N–H and O–H groups in total. The standard InChI is InChI=1S/C13H18O2S/c14-16(15,11-9-13-6-7-13)10-8-12-4-2-1-3-5-12/h1-5,13H,6-11H2. The van der Waals surface area contributed by atoms with E-state index in [-0.39, 0.29) is 0 Å². The first-order valence-corrected chi connectivity index (χ1v) is 7.72. The Morgan fingerprint density at radius 1 is 1.06 bits per heavy atom. The van der Waals surface area contributed by atoms with E-state index in [2.05, 4.69) is 0 Å². The molecule has 2 rings (SSSR count). The number of rotatable bonds is 6. The largest absolute Gasteiger partial charge is 0.229 e. The van der Waals surface area contributed by atoms with E-state index in [0.29, 0.717) is 23.8 Å². The zero-order chi connectivity index (χ0) is 11.4. The molecule has 88 valence electrons. The van der Waals surface area contributed by atoms with E-state index in [1.54, 1.807) is 0 Å². The molecule has 0 aliphatic heterocycles. The van der Waals surface area contributed by atoms with Gasteiger partial charge in [0.2, 0.25) is 0 Å². The number of hydrogen-bond donors (Lipinski definition) is 0. The van der Waals surface area contributed by atoms with Crippen molar-refractivity contribution in [2.45, 2.75) is 25.7 Å². The Balaban J connectivity index is 1.79. The quantitative estimate of drug-likeness (QED) is 0.763. The SMILES string of the molecule is O=S(=O)(CCc1ccccc1)CCC1CC1. The lowest BCUT2D eigenvalue weighted by molar-refractivity contribution is 0.589. The molecule has 0 amide bonds. The Morgan fingerprint density at radius 2 is 1.75 bits per heavy atom. The van der Waals surface area contributed by atoms with Crippen LogP contribution < -0.4 is 0 Å². The molecule has 1 aromatic rings. The van der Waals surface area contributed by atoms with E-state index in [0.717, 1.165) is 12.0 Å². The van der Waals surface area contributed by atoms with Gasteiger partial charge in [-0.3, -0.25) is 0 Å². The third-order valence-corrected chi connectivity index (χ3v) is 4.76. The zero-order valence-corrected chi connectivity index (χ0v) is 10.2. The van der Waals surface area contributed by atoms with Gasteiger partial charge in [-0.2, -0.15) is 0 Å². The maximum Gasteiger partial charge on any atom is 0.150 e. The minimum atomic E-state index is -2.83. The topological polar surface area (TPSA) is 34.1 Å². The highest BCUT2D eigenvalue weighted by molar-refractivity contribution is 7.91. The van der Waals surface area contributed by atoms with Crippen LogP contribution in [0.25, 0.3) is 0 Å². The number of hydrogen-bond acceptors (Lipinski definition) is 2. The predicted octanol–water partition coefficient (Wildman–Crippen LogP) is 2.44. The van der Waals surface area contributed by atoms with E-state index >= 15 is 0 Å². The zero-order valence-electron chi connectivity index (χ0n) is 9.43. The van der Waals surface area contributed by atoms with Crippen LogP contribution in [0.1, 0.15) is 24.8 Å². The van der Waals surface area contributed by atoms with Crippen molar-refractivity contribution >= 4 is 9.84 Å². The predicted molar refractivity (Wildman–Crippen MR) is 66.1 cm³/mol. The third kappa shape index (κ3) is 3.97. The van der Waals surface area contributed by atoms with Gasteiger partial charge in [-0.15, -0.1) is 0 Å². The second-order valence-electron chi connectivity index (χ2n) is 4.62. The second-order valence-corrected chi connectivity index (χ2v) is 6.92. The van der Waals surface area contributed by atoms with Crippen LogP contribution in [-0.4, -0.2) is 19.9 Å². The van der Waals surface area contributed by atoms with Crippen molar-refractivity contribution in [1.82, 2.24) is 0 Å². The van der Waals surface area contributed by atoms with Crippen molar-refractivity contribution in [3.8, 4) is 0 Å². The fourth-order valence-electron chi connectivity index (χ4n) is 1.77. The molecule has 0 unspecified atom stereocenters. The number of benzene rings is 1. The van der Waals surface area contributed by atoms with Gasteiger partial charge >= 0.3 is 0 Å². The van der Waals surface area contributed by atoms with E-state index < -0.39 is 9.84 Å². The van der Waals surface area contributed by atoms with Crippen LogP contribution in [0.4, 0.5) is 0 Å². The van der Waals surface area contributed by atoms with Crippen LogP contribution in [0.15, 0.2) is 30.3 Å². The summed E-state index contributed by atoms with van der Waals surface area (Å²) in [6.07, 6.45) is 3.98. The van der Waals surface area contributed by atoms with Crippen molar-refractivity contribution in [2.75, 3.05) is 11.5 Å². The van der Waals surface area contributed by atoms with Gasteiger partial charge in [-0.05, 0) is 24.3 Å². The van der Waals surface area contributed by atoms with Gasteiger partial charge in [0.25, 0.3) is 0 Å². The van der Waals surface area contributed by atoms with Gasteiger partial charge in [0.05, 0.1) is 11.5 Å². The summed E-state index contributed by atoms with van der Waals surface area (Å²) in [4.78, 5) is 0. The van der Waals surface area contributed by atoms with Crippen LogP contribution in [0.5, 0.6) is 0 Å². The van der Waals surface area contributed by atoms with E-state index in [9.17, 15) is 8.42 Å². The lowest BCUT2D eigenvalue weighted by Crippen LogP contribution is -2.13. The summed E-state index contributed by atoms with van der Waals surface area (Å²) < 4.78 is 23.5. The van der Waals surface area contributed by atoms with Crippen molar-refractivity contribution in [3.63, 3.8) is 0 Å². The van der Waals surface area contributed by atoms with Gasteiger partial charge in [0, 0.05) is 0 Å². The molecular weight excluding hydrogens is 220 g/mol. The second kappa shape index (κ2) is 5.00. The van der Waals surface area contributed by atoms with Crippen LogP contribution >= 0.6 is 0 Å². The summed E-state index contributed by atoms with van der Waals surface area (Å²) in [6.45, 7) is 0. The van der Waals surface area contributed by atoms with Crippen LogP contribution in [0, 0.1) is 5.92 Å². The van der Waals surface area contributed by atoms with Crippen molar-refractivity contribution in [3.05, 3.63) is 35.9 Å². The molecule has 1 aliphatic rings. The molecule has 1 fully saturated rings. The van der Waals surface area contributed by atoms with Crippen molar-refractivity contribution in [2.24, 2.45) is 5.92 Å². The highest BCUT2D eigenvalue weighted by Crippen LogP contribution is 2.32. The number of sulfone groups is 1. The van der Waals surface area contributed by atoms with E-state index in [4.69, 9.17) is 0 Å². The summed E-state index contributed by atoms with van der Waals surface area (Å²) in [5.41, 5.74) is 1.11. The summed E-state index contributed by atoms with van der Waals surface area (Å²) in [6, 6.07) is 9.82. The molecule has 3 heteroatoms. The first-order chi connectivity index (χ1) is 7.66. The Bertz CT molecular complexity index is 419. The summed E-state index contributed by atoms with van der Waals surface area (Å²) in [5, 5.41) is 0. The maximum atomic E-state index is 11.7. The molecule has 0 bridgehead atoms. The average molecular weight is 238 g/mol. The third-order valence-electron chi connectivity index (χ3n) is 3.08. The summed E-state index contributed by atoms with van der Waals surface area (Å²) >= 11 is 0. The Kier molecular flexibility index (Phi) is 3.64. The summed E-state index contributed by atoms with van der Waals surface area (Å²) in [7, 11) is -2.83. The van der Waals surface area contributed by atoms with Gasteiger partial charge < -0.3 is 0 Å². The molecule has 1 aliphatic carbocycles. The molecule has 2 nitrogen and oxygen atoms in total. The van der Waals surface area contributed by atoms with Gasteiger partial charge in [-0.1, -0.05) is 43.2 Å². The monoisotopic (exact) mass is 238 g/mol. The minimum Gasteiger partial charge on any atom is -0.229 e. The van der Waals surface area contributed by atoms with Crippen LogP contribution in [-0.2, 0) is 16.3 Å². The Labute approximate surface area is 97.6 Å². The molecule has 16 heavy (non-hydrogen) atoms. The normalized spacial score (nSPS) is 16.2. The fourth-order valence-corrected chi connectivity index (χ4v) is 3.22. The highest BCUT2D eigenvalue weighted by atomic mass is 32.2. The maximum absolute atomic E-state index is 11.7. The molecular formula is C13H18O2S. The lowest BCUT2D eigenvalue weighted by Gasteiger charge is -2.03.